The fraction of sp³-hybridized carbons (Fsp3) is 0.412. The first kappa shape index (κ1) is 16.6. The average molecular weight is 395 g/mol. The van der Waals surface area contributed by atoms with E-state index < -0.39 is 5.97 Å². The second-order valence-corrected chi connectivity index (χ2v) is 7.74. The highest BCUT2D eigenvalue weighted by Crippen LogP contribution is 2.42. The predicted octanol–water partition coefficient (Wildman–Crippen LogP) is 4.44. The maximum atomic E-state index is 11.9. The van der Waals surface area contributed by atoms with Crippen LogP contribution in [0.1, 0.15) is 38.3 Å². The Morgan fingerprint density at radius 3 is 2.74 bits per heavy atom. The summed E-state index contributed by atoms with van der Waals surface area (Å²) in [5.41, 5.74) is 2.00. The number of aliphatic imine (C=N–C) groups is 1. The Labute approximate surface area is 148 Å². The van der Waals surface area contributed by atoms with Crippen molar-refractivity contribution in [2.75, 3.05) is 5.75 Å². The normalized spacial score (nSPS) is 24.3. The monoisotopic (exact) mass is 394 g/mol. The number of thioether (sulfide) groups is 1. The van der Waals surface area contributed by atoms with Gasteiger partial charge in [-0.3, -0.25) is 0 Å². The predicted molar refractivity (Wildman–Crippen MR) is 97.6 cm³/mol. The van der Waals surface area contributed by atoms with Crippen LogP contribution in [0.3, 0.4) is 0 Å². The molecule has 23 heavy (non-hydrogen) atoms. The minimum absolute atomic E-state index is 0.272. The van der Waals surface area contributed by atoms with Crippen molar-refractivity contribution in [1.82, 2.24) is 4.90 Å². The van der Waals surface area contributed by atoms with Crippen LogP contribution >= 0.6 is 27.7 Å². The molecule has 0 aromatic heterocycles. The fourth-order valence-electron chi connectivity index (χ4n) is 3.25. The van der Waals surface area contributed by atoms with Crippen LogP contribution in [0, 0.1) is 0 Å². The SMILES string of the molecule is CCC1CCSC2=NC(C)=C(C(=O)O)C(c3ccc(Br)cc3)N21. The number of carbonyl (C=O) groups is 1. The number of fused-ring (bicyclic) bond motifs is 1. The van der Waals surface area contributed by atoms with Gasteiger partial charge in [0.25, 0.3) is 0 Å². The average Bonchev–Trinajstić information content (AvgIpc) is 2.53. The van der Waals surface area contributed by atoms with Gasteiger partial charge in [0, 0.05) is 16.3 Å². The van der Waals surface area contributed by atoms with Crippen molar-refractivity contribution in [1.29, 1.82) is 0 Å². The van der Waals surface area contributed by atoms with E-state index in [4.69, 9.17) is 0 Å². The smallest absolute Gasteiger partial charge is 0.335 e. The van der Waals surface area contributed by atoms with Crippen LogP contribution in [-0.2, 0) is 4.79 Å². The minimum Gasteiger partial charge on any atom is -0.478 e. The molecule has 4 nitrogen and oxygen atoms in total. The number of allylic oxidation sites excluding steroid dienone is 1. The lowest BCUT2D eigenvalue weighted by molar-refractivity contribution is -0.133. The van der Waals surface area contributed by atoms with Gasteiger partial charge in [0.15, 0.2) is 5.17 Å². The fourth-order valence-corrected chi connectivity index (χ4v) is 4.69. The third-order valence-electron chi connectivity index (χ3n) is 4.39. The molecule has 0 saturated carbocycles. The molecule has 1 fully saturated rings. The Hall–Kier alpha value is -1.27. The van der Waals surface area contributed by atoms with Crippen LogP contribution in [-0.4, -0.2) is 32.9 Å². The highest BCUT2D eigenvalue weighted by Gasteiger charge is 2.40. The van der Waals surface area contributed by atoms with Gasteiger partial charge >= 0.3 is 5.97 Å². The van der Waals surface area contributed by atoms with Crippen molar-refractivity contribution in [3.63, 3.8) is 0 Å². The topological polar surface area (TPSA) is 52.9 Å². The molecule has 3 rings (SSSR count). The molecule has 1 aromatic rings. The third-order valence-corrected chi connectivity index (χ3v) is 5.92. The summed E-state index contributed by atoms with van der Waals surface area (Å²) in [6.45, 7) is 3.96. The summed E-state index contributed by atoms with van der Waals surface area (Å²) in [5, 5.41) is 10.7. The van der Waals surface area contributed by atoms with Crippen LogP contribution < -0.4 is 0 Å². The quantitative estimate of drug-likeness (QED) is 0.823. The van der Waals surface area contributed by atoms with Gasteiger partial charge in [0.05, 0.1) is 17.3 Å². The van der Waals surface area contributed by atoms with Gasteiger partial charge in [-0.25, -0.2) is 9.79 Å². The lowest BCUT2D eigenvalue weighted by Gasteiger charge is -2.45. The van der Waals surface area contributed by atoms with Gasteiger partial charge in [-0.1, -0.05) is 46.7 Å². The number of benzene rings is 1. The number of nitrogens with zero attached hydrogens (tertiary/aromatic N) is 2. The number of aliphatic carboxylic acids is 1. The summed E-state index contributed by atoms with van der Waals surface area (Å²) < 4.78 is 0.989. The molecular weight excluding hydrogens is 376 g/mol. The number of carboxylic acid groups (broad SMARTS) is 1. The van der Waals surface area contributed by atoms with Crippen molar-refractivity contribution in [3.05, 3.63) is 45.6 Å². The number of amidine groups is 1. The molecule has 2 unspecified atom stereocenters. The van der Waals surface area contributed by atoms with E-state index in [0.29, 0.717) is 17.3 Å². The molecule has 2 aliphatic rings. The highest BCUT2D eigenvalue weighted by atomic mass is 79.9. The standard InChI is InChI=1S/C17H19BrN2O2S/c1-3-13-8-9-23-17-19-10(2)14(16(21)22)15(20(13)17)11-4-6-12(18)7-5-11/h4-7,13,15H,3,8-9H2,1-2H3,(H,21,22). The third kappa shape index (κ3) is 3.06. The second-order valence-electron chi connectivity index (χ2n) is 5.76. The molecular formula is C17H19BrN2O2S. The first-order chi connectivity index (χ1) is 11.0. The van der Waals surface area contributed by atoms with E-state index in [-0.39, 0.29) is 6.04 Å². The Kier molecular flexibility index (Phi) is 4.82. The molecule has 0 spiro atoms. The van der Waals surface area contributed by atoms with Gasteiger partial charge in [-0.05, 0) is 37.5 Å². The van der Waals surface area contributed by atoms with E-state index in [9.17, 15) is 9.90 Å². The van der Waals surface area contributed by atoms with E-state index in [0.717, 1.165) is 33.8 Å². The lowest BCUT2D eigenvalue weighted by atomic mass is 9.92. The summed E-state index contributed by atoms with van der Waals surface area (Å²) in [7, 11) is 0. The van der Waals surface area contributed by atoms with Crippen LogP contribution in [0.4, 0.5) is 0 Å². The van der Waals surface area contributed by atoms with Gasteiger partial charge in [-0.2, -0.15) is 0 Å². The van der Waals surface area contributed by atoms with Crippen molar-refractivity contribution < 1.29 is 9.90 Å². The van der Waals surface area contributed by atoms with Crippen molar-refractivity contribution >= 4 is 38.8 Å². The summed E-state index contributed by atoms with van der Waals surface area (Å²) in [4.78, 5) is 18.7. The first-order valence-electron chi connectivity index (χ1n) is 7.72. The van der Waals surface area contributed by atoms with E-state index in [1.54, 1.807) is 18.7 Å². The molecule has 122 valence electrons. The summed E-state index contributed by atoms with van der Waals surface area (Å²) >= 11 is 5.17. The zero-order chi connectivity index (χ0) is 16.6. The number of hydrogen-bond donors (Lipinski definition) is 1. The molecule has 0 aliphatic carbocycles. The molecule has 0 bridgehead atoms. The van der Waals surface area contributed by atoms with Crippen LogP contribution in [0.2, 0.25) is 0 Å². The van der Waals surface area contributed by atoms with Crippen molar-refractivity contribution in [3.8, 4) is 0 Å². The van der Waals surface area contributed by atoms with Crippen LogP contribution in [0.25, 0.3) is 0 Å². The largest absolute Gasteiger partial charge is 0.478 e. The zero-order valence-electron chi connectivity index (χ0n) is 13.1. The number of hydrogen-bond acceptors (Lipinski definition) is 4. The van der Waals surface area contributed by atoms with Crippen LogP contribution in [0.15, 0.2) is 45.0 Å². The molecule has 1 aromatic carbocycles. The first-order valence-corrected chi connectivity index (χ1v) is 9.50. The molecule has 2 heterocycles. The van der Waals surface area contributed by atoms with E-state index >= 15 is 0 Å². The Balaban J connectivity index is 2.15. The van der Waals surface area contributed by atoms with E-state index in [2.05, 4.69) is 32.7 Å². The number of halogens is 1. The molecule has 1 saturated heterocycles. The van der Waals surface area contributed by atoms with Crippen LogP contribution in [0.5, 0.6) is 0 Å². The Morgan fingerprint density at radius 1 is 1.43 bits per heavy atom. The molecule has 6 heteroatoms. The lowest BCUT2D eigenvalue weighted by Crippen LogP contribution is -2.48. The maximum Gasteiger partial charge on any atom is 0.335 e. The van der Waals surface area contributed by atoms with Gasteiger partial charge < -0.3 is 10.0 Å². The summed E-state index contributed by atoms with van der Waals surface area (Å²) in [6, 6.07) is 7.98. The highest BCUT2D eigenvalue weighted by molar-refractivity contribution is 9.10. The van der Waals surface area contributed by atoms with Gasteiger partial charge in [0.1, 0.15) is 0 Å². The Bertz CT molecular complexity index is 684. The molecule has 0 amide bonds. The zero-order valence-corrected chi connectivity index (χ0v) is 15.5. The summed E-state index contributed by atoms with van der Waals surface area (Å²) in [5.74, 6) is 0.153. The second kappa shape index (κ2) is 6.69. The van der Waals surface area contributed by atoms with E-state index in [1.807, 2.05) is 24.3 Å². The molecule has 2 aliphatic heterocycles. The molecule has 2 atom stereocenters. The van der Waals surface area contributed by atoms with E-state index in [1.165, 1.54) is 0 Å². The number of rotatable bonds is 3. The maximum absolute atomic E-state index is 11.9. The van der Waals surface area contributed by atoms with Crippen molar-refractivity contribution in [2.24, 2.45) is 4.99 Å². The van der Waals surface area contributed by atoms with Crippen molar-refractivity contribution in [2.45, 2.75) is 38.8 Å². The number of carboxylic acids is 1. The Morgan fingerprint density at radius 2 is 2.13 bits per heavy atom. The minimum atomic E-state index is -0.886. The summed E-state index contributed by atoms with van der Waals surface area (Å²) in [6.07, 6.45) is 2.04. The molecule has 1 N–H and O–H groups in total. The van der Waals surface area contributed by atoms with Gasteiger partial charge in [0.2, 0.25) is 0 Å². The van der Waals surface area contributed by atoms with Gasteiger partial charge in [-0.15, -0.1) is 0 Å². The molecule has 0 radical (unpaired) electrons.